The summed E-state index contributed by atoms with van der Waals surface area (Å²) in [5.74, 6) is -2.30. The molecule has 0 aromatic heterocycles. The van der Waals surface area contributed by atoms with Crippen LogP contribution in [-0.2, 0) is 19.2 Å². The molecule has 0 saturated carbocycles. The van der Waals surface area contributed by atoms with Gasteiger partial charge in [-0.05, 0) is 50.0 Å². The molecule has 0 aromatic carbocycles. The molecule has 0 rings (SSSR count). The van der Waals surface area contributed by atoms with E-state index in [4.69, 9.17) is 5.73 Å². The Kier molecular flexibility index (Phi) is 14.2. The third-order valence-corrected chi connectivity index (χ3v) is 5.37. The number of nitrogens with one attached hydrogen (secondary N) is 3. The summed E-state index contributed by atoms with van der Waals surface area (Å²) in [6.07, 6.45) is 1.61. The maximum absolute atomic E-state index is 12.9. The molecule has 5 unspecified atom stereocenters. The van der Waals surface area contributed by atoms with Crippen molar-refractivity contribution in [1.29, 1.82) is 0 Å². The van der Waals surface area contributed by atoms with Gasteiger partial charge in [0.1, 0.15) is 24.2 Å². The average molecular weight is 477 g/mol. The van der Waals surface area contributed by atoms with Gasteiger partial charge < -0.3 is 31.9 Å². The molecule has 5 atom stereocenters. The molecule has 0 saturated heterocycles. The van der Waals surface area contributed by atoms with Crippen molar-refractivity contribution in [2.45, 2.75) is 84.2 Å². The highest BCUT2D eigenvalue weighted by molar-refractivity contribution is 7.98. The molecule has 3 amide bonds. The minimum atomic E-state index is -1.19. The van der Waals surface area contributed by atoms with Crippen LogP contribution in [0, 0.1) is 11.8 Å². The summed E-state index contributed by atoms with van der Waals surface area (Å²) in [4.78, 5) is 49.5. The molecule has 0 aromatic rings. The van der Waals surface area contributed by atoms with E-state index >= 15 is 0 Å². The van der Waals surface area contributed by atoms with Crippen LogP contribution in [0.4, 0.5) is 0 Å². The van der Waals surface area contributed by atoms with Gasteiger partial charge >= 0.3 is 5.97 Å². The first-order chi connectivity index (χ1) is 14.8. The number of hydrogen-bond donors (Lipinski definition) is 6. The van der Waals surface area contributed by atoms with Crippen molar-refractivity contribution in [2.75, 3.05) is 12.0 Å². The van der Waals surface area contributed by atoms with Gasteiger partial charge in [0, 0.05) is 0 Å². The second-order valence-electron chi connectivity index (χ2n) is 8.83. The van der Waals surface area contributed by atoms with Crippen molar-refractivity contribution in [3.05, 3.63) is 0 Å². The Balaban J connectivity index is 5.46. The quantitative estimate of drug-likeness (QED) is 0.193. The van der Waals surface area contributed by atoms with Gasteiger partial charge in [0.25, 0.3) is 0 Å². The van der Waals surface area contributed by atoms with Crippen LogP contribution in [-0.4, -0.2) is 76.2 Å². The SMILES string of the molecule is CSCCC(NC(=O)C(CC(C)C)NC(=O)C(N)C(C)O)C(=O)NC(CC(C)C)C(=O)O. The van der Waals surface area contributed by atoms with Crippen LogP contribution < -0.4 is 21.7 Å². The summed E-state index contributed by atoms with van der Waals surface area (Å²) in [5.41, 5.74) is 5.66. The largest absolute Gasteiger partial charge is 0.480 e. The lowest BCUT2D eigenvalue weighted by Crippen LogP contribution is -2.58. The Morgan fingerprint density at radius 1 is 0.812 bits per heavy atom. The molecule has 0 aliphatic carbocycles. The first-order valence-corrected chi connectivity index (χ1v) is 12.3. The molecule has 7 N–H and O–H groups in total. The predicted octanol–water partition coefficient (Wildman–Crippen LogP) is 0.0788. The van der Waals surface area contributed by atoms with Gasteiger partial charge in [0.2, 0.25) is 17.7 Å². The zero-order valence-corrected chi connectivity index (χ0v) is 20.7. The van der Waals surface area contributed by atoms with Crippen LogP contribution in [0.25, 0.3) is 0 Å². The van der Waals surface area contributed by atoms with Gasteiger partial charge in [-0.25, -0.2) is 4.79 Å². The lowest BCUT2D eigenvalue weighted by Gasteiger charge is -2.26. The maximum atomic E-state index is 12.9. The number of nitrogens with two attached hydrogens (primary N) is 1. The fourth-order valence-corrected chi connectivity index (χ4v) is 3.40. The van der Waals surface area contributed by atoms with Crippen LogP contribution in [0.15, 0.2) is 0 Å². The normalized spacial score (nSPS) is 16.1. The van der Waals surface area contributed by atoms with Gasteiger partial charge in [-0.3, -0.25) is 14.4 Å². The van der Waals surface area contributed by atoms with Crippen LogP contribution in [0.5, 0.6) is 0 Å². The minimum absolute atomic E-state index is 0.0507. The minimum Gasteiger partial charge on any atom is -0.480 e. The molecular formula is C21H40N4O6S. The van der Waals surface area contributed by atoms with E-state index in [1.807, 2.05) is 34.0 Å². The van der Waals surface area contributed by atoms with Crippen molar-refractivity contribution in [1.82, 2.24) is 16.0 Å². The summed E-state index contributed by atoms with van der Waals surface area (Å²) in [5, 5.41) is 26.7. The van der Waals surface area contributed by atoms with Gasteiger partial charge in [0.15, 0.2) is 0 Å². The van der Waals surface area contributed by atoms with E-state index in [1.165, 1.54) is 18.7 Å². The van der Waals surface area contributed by atoms with Crippen molar-refractivity contribution >= 4 is 35.5 Å². The number of aliphatic carboxylic acids is 1. The fraction of sp³-hybridized carbons (Fsp3) is 0.810. The number of thioether (sulfide) groups is 1. The molecule has 11 heteroatoms. The van der Waals surface area contributed by atoms with E-state index < -0.39 is 54.0 Å². The van der Waals surface area contributed by atoms with E-state index in [2.05, 4.69) is 16.0 Å². The molecule has 0 aliphatic heterocycles. The Labute approximate surface area is 194 Å². The van der Waals surface area contributed by atoms with Gasteiger partial charge in [-0.1, -0.05) is 27.7 Å². The molecule has 0 spiro atoms. The van der Waals surface area contributed by atoms with E-state index in [0.717, 1.165) is 0 Å². The molecule has 10 nitrogen and oxygen atoms in total. The molecule has 186 valence electrons. The summed E-state index contributed by atoms with van der Waals surface area (Å²) in [7, 11) is 0. The van der Waals surface area contributed by atoms with Crippen molar-refractivity contribution in [3.63, 3.8) is 0 Å². The average Bonchev–Trinajstić information content (AvgIpc) is 2.68. The van der Waals surface area contributed by atoms with Crippen molar-refractivity contribution in [2.24, 2.45) is 17.6 Å². The molecule has 0 aliphatic rings. The standard InChI is InChI=1S/C21H40N4O6S/c1-11(2)9-15(24-20(29)17(22)13(5)26)19(28)23-14(7-8-32-6)18(27)25-16(21(30)31)10-12(3)4/h11-17,26H,7-10,22H2,1-6H3,(H,23,28)(H,24,29)(H,25,27)(H,30,31). The van der Waals surface area contributed by atoms with Gasteiger partial charge in [-0.15, -0.1) is 0 Å². The Hall–Kier alpha value is -1.85. The third kappa shape index (κ3) is 11.7. The molecule has 0 heterocycles. The third-order valence-electron chi connectivity index (χ3n) is 4.73. The number of carbonyl (C=O) groups excluding carboxylic acids is 3. The lowest BCUT2D eigenvalue weighted by atomic mass is 10.0. The second kappa shape index (κ2) is 15.1. The molecule has 32 heavy (non-hydrogen) atoms. The first-order valence-electron chi connectivity index (χ1n) is 10.9. The molecule has 0 fully saturated rings. The van der Waals surface area contributed by atoms with Crippen LogP contribution in [0.1, 0.15) is 53.9 Å². The number of amides is 3. The number of hydrogen-bond acceptors (Lipinski definition) is 7. The van der Waals surface area contributed by atoms with Gasteiger partial charge in [0.05, 0.1) is 6.10 Å². The van der Waals surface area contributed by atoms with Crippen molar-refractivity contribution in [3.8, 4) is 0 Å². The molecular weight excluding hydrogens is 436 g/mol. The van der Waals surface area contributed by atoms with Crippen LogP contribution in [0.3, 0.4) is 0 Å². The Morgan fingerprint density at radius 2 is 1.25 bits per heavy atom. The highest BCUT2D eigenvalue weighted by atomic mass is 32.2. The zero-order chi connectivity index (χ0) is 25.0. The summed E-state index contributed by atoms with van der Waals surface area (Å²) in [6.45, 7) is 8.84. The van der Waals surface area contributed by atoms with Crippen LogP contribution >= 0.6 is 11.8 Å². The monoisotopic (exact) mass is 476 g/mol. The zero-order valence-electron chi connectivity index (χ0n) is 19.9. The predicted molar refractivity (Wildman–Crippen MR) is 125 cm³/mol. The Morgan fingerprint density at radius 3 is 1.69 bits per heavy atom. The summed E-state index contributed by atoms with van der Waals surface area (Å²) in [6, 6.07) is -4.17. The highest BCUT2D eigenvalue weighted by Gasteiger charge is 2.31. The maximum Gasteiger partial charge on any atom is 0.326 e. The molecule has 0 radical (unpaired) electrons. The smallest absolute Gasteiger partial charge is 0.326 e. The van der Waals surface area contributed by atoms with E-state index in [1.54, 1.807) is 0 Å². The Bertz CT molecular complexity index is 629. The van der Waals surface area contributed by atoms with Crippen molar-refractivity contribution < 1.29 is 29.4 Å². The van der Waals surface area contributed by atoms with E-state index in [-0.39, 0.29) is 18.3 Å². The molecule has 0 bridgehead atoms. The van der Waals surface area contributed by atoms with E-state index in [9.17, 15) is 29.4 Å². The lowest BCUT2D eigenvalue weighted by molar-refractivity contribution is -0.142. The summed E-state index contributed by atoms with van der Waals surface area (Å²) >= 11 is 1.49. The van der Waals surface area contributed by atoms with Crippen LogP contribution in [0.2, 0.25) is 0 Å². The number of aliphatic hydroxyl groups is 1. The summed E-state index contributed by atoms with van der Waals surface area (Å²) < 4.78 is 0. The fourth-order valence-electron chi connectivity index (χ4n) is 2.93. The number of carboxylic acids is 1. The number of carboxylic acid groups (broad SMARTS) is 1. The number of carbonyl (C=O) groups is 4. The number of aliphatic hydroxyl groups excluding tert-OH is 1. The van der Waals surface area contributed by atoms with Gasteiger partial charge in [-0.2, -0.15) is 11.8 Å². The second-order valence-corrected chi connectivity index (χ2v) is 9.81. The number of rotatable bonds is 15. The topological polar surface area (TPSA) is 171 Å². The first kappa shape index (κ1) is 30.1. The van der Waals surface area contributed by atoms with E-state index in [0.29, 0.717) is 18.6 Å². The highest BCUT2D eigenvalue weighted by Crippen LogP contribution is 2.10.